The first kappa shape index (κ1) is 17.1. The van der Waals surface area contributed by atoms with E-state index in [0.717, 1.165) is 4.47 Å². The zero-order valence-corrected chi connectivity index (χ0v) is 16.6. The molecule has 0 fully saturated rings. The van der Waals surface area contributed by atoms with Crippen LogP contribution >= 0.6 is 15.9 Å². The molecule has 1 heteroatoms. The number of benzene rings is 3. The molecular formula is C25H21Br. The lowest BCUT2D eigenvalue weighted by Crippen LogP contribution is -1.99. The Morgan fingerprint density at radius 1 is 0.769 bits per heavy atom. The van der Waals surface area contributed by atoms with Crippen molar-refractivity contribution in [1.82, 2.24) is 0 Å². The van der Waals surface area contributed by atoms with Crippen molar-refractivity contribution in [2.75, 3.05) is 0 Å². The van der Waals surface area contributed by atoms with Gasteiger partial charge >= 0.3 is 0 Å². The van der Waals surface area contributed by atoms with Crippen LogP contribution in [-0.2, 0) is 0 Å². The van der Waals surface area contributed by atoms with E-state index in [0.29, 0.717) is 0 Å². The monoisotopic (exact) mass is 400 g/mol. The second kappa shape index (κ2) is 7.09. The van der Waals surface area contributed by atoms with Gasteiger partial charge in [-0.3, -0.25) is 0 Å². The van der Waals surface area contributed by atoms with E-state index in [1.165, 1.54) is 39.0 Å². The Labute approximate surface area is 164 Å². The first-order chi connectivity index (χ1) is 12.6. The Kier molecular flexibility index (Phi) is 4.65. The summed E-state index contributed by atoms with van der Waals surface area (Å²) in [5.74, 6) is 0.285. The second-order valence-corrected chi connectivity index (χ2v) is 7.85. The molecule has 1 atom stereocenters. The maximum Gasteiger partial charge on any atom is 0.0290 e. The van der Waals surface area contributed by atoms with Crippen molar-refractivity contribution in [2.45, 2.75) is 19.8 Å². The Morgan fingerprint density at radius 2 is 1.42 bits per heavy atom. The molecule has 0 N–H and O–H groups in total. The maximum absolute atomic E-state index is 3.55. The molecule has 3 aromatic carbocycles. The number of hydrogen-bond acceptors (Lipinski definition) is 0. The van der Waals surface area contributed by atoms with E-state index in [2.05, 4.69) is 115 Å². The van der Waals surface area contributed by atoms with Gasteiger partial charge in [-0.05, 0) is 59.4 Å². The van der Waals surface area contributed by atoms with Crippen LogP contribution in [0.3, 0.4) is 0 Å². The second-order valence-electron chi connectivity index (χ2n) is 6.93. The number of fused-ring (bicyclic) bond motifs is 1. The molecule has 3 aromatic rings. The van der Waals surface area contributed by atoms with Crippen molar-refractivity contribution < 1.29 is 0 Å². The van der Waals surface area contributed by atoms with Crippen LogP contribution in [0.2, 0.25) is 0 Å². The molecule has 1 unspecified atom stereocenters. The summed E-state index contributed by atoms with van der Waals surface area (Å²) < 4.78 is 1.11. The molecule has 4 rings (SSSR count). The van der Waals surface area contributed by atoms with E-state index < -0.39 is 0 Å². The highest BCUT2D eigenvalue weighted by atomic mass is 79.9. The summed E-state index contributed by atoms with van der Waals surface area (Å²) in [5.41, 5.74) is 9.41. The molecular weight excluding hydrogens is 380 g/mol. The summed E-state index contributed by atoms with van der Waals surface area (Å²) in [6, 6.07) is 28.2. The highest BCUT2D eigenvalue weighted by Gasteiger charge is 2.27. The minimum absolute atomic E-state index is 0.285. The lowest BCUT2D eigenvalue weighted by Gasteiger charge is -2.18. The molecule has 1 aliphatic rings. The van der Waals surface area contributed by atoms with E-state index >= 15 is 0 Å². The van der Waals surface area contributed by atoms with Gasteiger partial charge in [0, 0.05) is 10.4 Å². The molecule has 0 amide bonds. The normalized spacial score (nSPS) is 15.3. The van der Waals surface area contributed by atoms with Crippen LogP contribution in [0.5, 0.6) is 0 Å². The van der Waals surface area contributed by atoms with E-state index in [-0.39, 0.29) is 5.92 Å². The predicted molar refractivity (Wildman–Crippen MR) is 115 cm³/mol. The fourth-order valence-corrected chi connectivity index (χ4v) is 4.14. The molecule has 0 radical (unpaired) electrons. The Bertz CT molecular complexity index is 988. The van der Waals surface area contributed by atoms with E-state index in [4.69, 9.17) is 0 Å². The fraction of sp³-hybridized carbons (Fsp3) is 0.120. The first-order valence-electron chi connectivity index (χ1n) is 8.95. The number of rotatable bonds is 3. The molecule has 26 heavy (non-hydrogen) atoms. The van der Waals surface area contributed by atoms with Gasteiger partial charge < -0.3 is 0 Å². The molecule has 0 aromatic heterocycles. The van der Waals surface area contributed by atoms with Crippen LogP contribution in [0.25, 0.3) is 11.1 Å². The van der Waals surface area contributed by atoms with Crippen molar-refractivity contribution in [2.24, 2.45) is 0 Å². The van der Waals surface area contributed by atoms with Gasteiger partial charge in [0.15, 0.2) is 0 Å². The molecule has 0 saturated carbocycles. The lowest BCUT2D eigenvalue weighted by molar-refractivity contribution is 1.10. The topological polar surface area (TPSA) is 0 Å². The highest BCUT2D eigenvalue weighted by Crippen LogP contribution is 2.46. The molecule has 128 valence electrons. The lowest BCUT2D eigenvalue weighted by atomic mass is 9.85. The van der Waals surface area contributed by atoms with Gasteiger partial charge in [-0.25, -0.2) is 0 Å². The van der Waals surface area contributed by atoms with Gasteiger partial charge in [0.1, 0.15) is 0 Å². The summed E-state index contributed by atoms with van der Waals surface area (Å²) in [6.45, 7) is 4.43. The SMILES string of the molecule is CC(C)=C(c1ccc(Br)cc1)C1C=C(c2ccccc2)c2ccccc21. The zero-order valence-electron chi connectivity index (χ0n) is 15.0. The van der Waals surface area contributed by atoms with Crippen LogP contribution in [0, 0.1) is 0 Å². The van der Waals surface area contributed by atoms with Gasteiger partial charge in [-0.15, -0.1) is 0 Å². The van der Waals surface area contributed by atoms with Crippen LogP contribution in [0.15, 0.2) is 95.0 Å². The van der Waals surface area contributed by atoms with Crippen LogP contribution in [0.1, 0.15) is 42.0 Å². The number of halogens is 1. The van der Waals surface area contributed by atoms with E-state index in [9.17, 15) is 0 Å². The third kappa shape index (κ3) is 3.08. The van der Waals surface area contributed by atoms with Crippen molar-refractivity contribution in [3.8, 4) is 0 Å². The minimum atomic E-state index is 0.285. The van der Waals surface area contributed by atoms with Gasteiger partial charge in [-0.1, -0.05) is 94.3 Å². The smallest absolute Gasteiger partial charge is 0.0290 e. The molecule has 0 spiro atoms. The molecule has 0 heterocycles. The maximum atomic E-state index is 3.55. The summed E-state index contributed by atoms with van der Waals surface area (Å²) in [5, 5.41) is 0. The molecule has 0 aliphatic heterocycles. The average Bonchev–Trinajstić information content (AvgIpc) is 3.03. The highest BCUT2D eigenvalue weighted by molar-refractivity contribution is 9.10. The van der Waals surface area contributed by atoms with Gasteiger partial charge in [0.2, 0.25) is 0 Å². The first-order valence-corrected chi connectivity index (χ1v) is 9.74. The van der Waals surface area contributed by atoms with Gasteiger partial charge in [0.25, 0.3) is 0 Å². The van der Waals surface area contributed by atoms with Crippen molar-refractivity contribution in [3.63, 3.8) is 0 Å². The Balaban J connectivity index is 1.89. The van der Waals surface area contributed by atoms with Crippen LogP contribution < -0.4 is 0 Å². The van der Waals surface area contributed by atoms with Crippen molar-refractivity contribution in [1.29, 1.82) is 0 Å². The van der Waals surface area contributed by atoms with Gasteiger partial charge in [0.05, 0.1) is 0 Å². The van der Waals surface area contributed by atoms with Gasteiger partial charge in [-0.2, -0.15) is 0 Å². The molecule has 1 aliphatic carbocycles. The largest absolute Gasteiger partial charge is 0.0717 e. The van der Waals surface area contributed by atoms with E-state index in [1.807, 2.05) is 0 Å². The molecule has 0 nitrogen and oxygen atoms in total. The minimum Gasteiger partial charge on any atom is -0.0717 e. The molecule has 0 bridgehead atoms. The number of hydrogen-bond donors (Lipinski definition) is 0. The zero-order chi connectivity index (χ0) is 18.1. The number of allylic oxidation sites excluding steroid dienone is 3. The summed E-state index contributed by atoms with van der Waals surface area (Å²) in [4.78, 5) is 0. The summed E-state index contributed by atoms with van der Waals surface area (Å²) in [6.07, 6.45) is 2.43. The van der Waals surface area contributed by atoms with Crippen molar-refractivity contribution >= 4 is 27.1 Å². The third-order valence-corrected chi connectivity index (χ3v) is 5.54. The average molecular weight is 401 g/mol. The van der Waals surface area contributed by atoms with Crippen LogP contribution in [0.4, 0.5) is 0 Å². The van der Waals surface area contributed by atoms with Crippen molar-refractivity contribution in [3.05, 3.63) is 117 Å². The fourth-order valence-electron chi connectivity index (χ4n) is 3.88. The predicted octanol–water partition coefficient (Wildman–Crippen LogP) is 7.47. The Hall–Kier alpha value is -2.38. The quantitative estimate of drug-likeness (QED) is 0.427. The Morgan fingerprint density at radius 3 is 2.12 bits per heavy atom. The molecule has 0 saturated heterocycles. The summed E-state index contributed by atoms with van der Waals surface area (Å²) in [7, 11) is 0. The van der Waals surface area contributed by atoms with Crippen LogP contribution in [-0.4, -0.2) is 0 Å². The summed E-state index contributed by atoms with van der Waals surface area (Å²) >= 11 is 3.55. The van der Waals surface area contributed by atoms with E-state index in [1.54, 1.807) is 0 Å². The third-order valence-electron chi connectivity index (χ3n) is 5.01. The standard InChI is InChI=1S/C25H21Br/c1-17(2)25(19-12-14-20(26)15-13-19)24-16-23(18-8-4-3-5-9-18)21-10-6-7-11-22(21)24/h3-16,24H,1-2H3.